The first kappa shape index (κ1) is 21.1. The molecule has 1 N–H and O–H groups in total. The van der Waals surface area contributed by atoms with Gasteiger partial charge in [-0.05, 0) is 64.0 Å². The molecule has 6 heteroatoms. The van der Waals surface area contributed by atoms with Crippen LogP contribution in [0.15, 0.2) is 0 Å². The Balaban J connectivity index is 0.000000107. The topological polar surface area (TPSA) is 69.7 Å². The van der Waals surface area contributed by atoms with Gasteiger partial charge in [0.25, 0.3) is 0 Å². The number of carbonyl (C=O) groups is 3. The number of hydrogen-bond donors (Lipinski definition) is 1. The van der Waals surface area contributed by atoms with Gasteiger partial charge in [0.15, 0.2) is 0 Å². The fourth-order valence-corrected chi connectivity index (χ4v) is 5.82. The van der Waals surface area contributed by atoms with Crippen molar-refractivity contribution >= 4 is 17.3 Å². The molecule has 162 valence electrons. The lowest BCUT2D eigenvalue weighted by Crippen LogP contribution is -2.52. The van der Waals surface area contributed by atoms with Crippen molar-refractivity contribution in [1.82, 2.24) is 15.1 Å². The van der Waals surface area contributed by atoms with Crippen molar-refractivity contribution in [2.45, 2.75) is 88.8 Å². The summed E-state index contributed by atoms with van der Waals surface area (Å²) in [7, 11) is 0. The summed E-state index contributed by atoms with van der Waals surface area (Å²) in [6.45, 7) is 4.89. The highest BCUT2D eigenvalue weighted by Crippen LogP contribution is 2.28. The number of piperidine rings is 3. The maximum absolute atomic E-state index is 11.1. The molecule has 6 nitrogen and oxygen atoms in total. The van der Waals surface area contributed by atoms with Crippen molar-refractivity contribution in [3.05, 3.63) is 0 Å². The average Bonchev–Trinajstić information content (AvgIpc) is 3.25. The molecule has 1 saturated carbocycles. The zero-order valence-electron chi connectivity index (χ0n) is 17.7. The van der Waals surface area contributed by atoms with Crippen molar-refractivity contribution in [2.24, 2.45) is 5.92 Å². The van der Waals surface area contributed by atoms with Crippen molar-refractivity contribution in [2.75, 3.05) is 32.7 Å². The van der Waals surface area contributed by atoms with Crippen molar-refractivity contribution in [3.8, 4) is 0 Å². The van der Waals surface area contributed by atoms with E-state index in [1.807, 2.05) is 0 Å². The first-order chi connectivity index (χ1) is 14.1. The number of fused-ring (bicyclic) bond motifs is 3. The van der Waals surface area contributed by atoms with Gasteiger partial charge in [0.1, 0.15) is 17.3 Å². The van der Waals surface area contributed by atoms with E-state index in [9.17, 15) is 14.4 Å². The number of hydrogen-bond acceptors (Lipinski definition) is 6. The maximum atomic E-state index is 11.1. The summed E-state index contributed by atoms with van der Waals surface area (Å²) >= 11 is 0. The summed E-state index contributed by atoms with van der Waals surface area (Å²) in [6.07, 6.45) is 12.5. The number of ketones is 3. The summed E-state index contributed by atoms with van der Waals surface area (Å²) in [5.74, 6) is 2.03. The SMILES string of the molecule is O=C1CCC2CCCCN2C1.O=C1CCC2CCCN2C1.O=C1CCC2CNC12. The van der Waals surface area contributed by atoms with Crippen LogP contribution < -0.4 is 5.32 Å². The first-order valence-corrected chi connectivity index (χ1v) is 11.9. The molecule has 0 aromatic rings. The molecule has 1 aliphatic carbocycles. The molecule has 0 bridgehead atoms. The van der Waals surface area contributed by atoms with Crippen LogP contribution in [-0.2, 0) is 14.4 Å². The second-order valence-corrected chi connectivity index (χ2v) is 9.69. The molecule has 4 atom stereocenters. The zero-order valence-corrected chi connectivity index (χ0v) is 17.7. The number of rotatable bonds is 0. The number of Topliss-reactive ketones (excluding diaryl/α,β-unsaturated/α-hetero) is 3. The van der Waals surface area contributed by atoms with E-state index in [4.69, 9.17) is 0 Å². The minimum Gasteiger partial charge on any atom is -0.307 e. The van der Waals surface area contributed by atoms with Crippen LogP contribution in [0.2, 0.25) is 0 Å². The van der Waals surface area contributed by atoms with E-state index in [0.717, 1.165) is 83.3 Å². The number of nitrogens with one attached hydrogen (secondary N) is 1. The summed E-state index contributed by atoms with van der Waals surface area (Å²) in [4.78, 5) is 37.5. The molecule has 4 unspecified atom stereocenters. The van der Waals surface area contributed by atoms with Gasteiger partial charge in [0, 0.05) is 37.9 Å². The zero-order chi connectivity index (χ0) is 20.2. The molecule has 0 aromatic carbocycles. The largest absolute Gasteiger partial charge is 0.307 e. The van der Waals surface area contributed by atoms with Gasteiger partial charge in [-0.15, -0.1) is 0 Å². The molecule has 0 aromatic heterocycles. The average molecular weight is 404 g/mol. The molecular formula is C23H37N3O3. The lowest BCUT2D eigenvalue weighted by Gasteiger charge is -2.38. The molecule has 29 heavy (non-hydrogen) atoms. The molecule has 5 aliphatic heterocycles. The van der Waals surface area contributed by atoms with Gasteiger partial charge in [-0.2, -0.15) is 0 Å². The van der Waals surface area contributed by atoms with E-state index >= 15 is 0 Å². The lowest BCUT2D eigenvalue weighted by atomic mass is 9.93. The number of nitrogens with zero attached hydrogens (tertiary/aromatic N) is 2. The molecule has 5 heterocycles. The van der Waals surface area contributed by atoms with E-state index in [1.54, 1.807) is 0 Å². The Morgan fingerprint density at radius 1 is 0.690 bits per heavy atom. The monoisotopic (exact) mass is 403 g/mol. The second-order valence-electron chi connectivity index (χ2n) is 9.69. The Labute approximate surface area is 174 Å². The Morgan fingerprint density at radius 2 is 1.31 bits per heavy atom. The lowest BCUT2D eigenvalue weighted by molar-refractivity contribution is -0.124. The Hall–Kier alpha value is -1.11. The van der Waals surface area contributed by atoms with Crippen molar-refractivity contribution in [3.63, 3.8) is 0 Å². The van der Waals surface area contributed by atoms with Crippen LogP contribution in [0.25, 0.3) is 0 Å². The van der Waals surface area contributed by atoms with Gasteiger partial charge in [-0.25, -0.2) is 0 Å². The van der Waals surface area contributed by atoms with E-state index in [1.165, 1.54) is 32.1 Å². The molecular weight excluding hydrogens is 366 g/mol. The van der Waals surface area contributed by atoms with Gasteiger partial charge in [0.05, 0.1) is 19.1 Å². The van der Waals surface area contributed by atoms with Gasteiger partial charge in [0.2, 0.25) is 0 Å². The van der Waals surface area contributed by atoms with Gasteiger partial charge < -0.3 is 5.32 Å². The standard InChI is InChI=1S/C9H15NO.C8H13NO.C6H9NO/c11-9-5-4-8-3-1-2-6-10(8)7-9;10-8-4-3-7-2-1-5-9(7)6-8;8-5-2-1-4-3-7-6(4)5/h8H,1-7H2;7H,1-6H2;4,6-7H,1-3H2. The minimum absolute atomic E-state index is 0.273. The summed E-state index contributed by atoms with van der Waals surface area (Å²) < 4.78 is 0. The van der Waals surface area contributed by atoms with Crippen molar-refractivity contribution < 1.29 is 14.4 Å². The highest BCUT2D eigenvalue weighted by molar-refractivity contribution is 5.87. The summed E-state index contributed by atoms with van der Waals surface area (Å²) in [5.41, 5.74) is 0. The van der Waals surface area contributed by atoms with Gasteiger partial charge >= 0.3 is 0 Å². The highest BCUT2D eigenvalue weighted by Gasteiger charge is 2.40. The predicted molar refractivity (Wildman–Crippen MR) is 112 cm³/mol. The molecule has 5 saturated heterocycles. The summed E-state index contributed by atoms with van der Waals surface area (Å²) in [5, 5.41) is 3.11. The van der Waals surface area contributed by atoms with Crippen LogP contribution in [0.1, 0.15) is 70.6 Å². The van der Waals surface area contributed by atoms with E-state index < -0.39 is 0 Å². The van der Waals surface area contributed by atoms with Crippen LogP contribution in [0.5, 0.6) is 0 Å². The predicted octanol–water partition coefficient (Wildman–Crippen LogP) is 1.95. The van der Waals surface area contributed by atoms with E-state index in [2.05, 4.69) is 15.1 Å². The fourth-order valence-electron chi connectivity index (χ4n) is 5.82. The third-order valence-electron chi connectivity index (χ3n) is 7.70. The van der Waals surface area contributed by atoms with Gasteiger partial charge in [-0.3, -0.25) is 24.2 Å². The Kier molecular flexibility index (Phi) is 7.14. The maximum Gasteiger partial charge on any atom is 0.150 e. The van der Waals surface area contributed by atoms with Gasteiger partial charge in [-0.1, -0.05) is 6.42 Å². The fraction of sp³-hybridized carbons (Fsp3) is 0.870. The van der Waals surface area contributed by atoms with Crippen molar-refractivity contribution in [1.29, 1.82) is 0 Å². The first-order valence-electron chi connectivity index (χ1n) is 11.9. The van der Waals surface area contributed by atoms with E-state index in [-0.39, 0.29) is 6.04 Å². The van der Waals surface area contributed by atoms with Crippen LogP contribution in [-0.4, -0.2) is 78.0 Å². The molecule has 0 spiro atoms. The molecule has 0 amide bonds. The number of carbonyl (C=O) groups excluding carboxylic acids is 3. The molecule has 0 radical (unpaired) electrons. The highest BCUT2D eigenvalue weighted by atomic mass is 16.1. The van der Waals surface area contributed by atoms with Crippen LogP contribution in [0, 0.1) is 5.92 Å². The van der Waals surface area contributed by atoms with Crippen LogP contribution in [0.3, 0.4) is 0 Å². The smallest absolute Gasteiger partial charge is 0.150 e. The molecule has 6 aliphatic rings. The second kappa shape index (κ2) is 9.80. The molecule has 6 fully saturated rings. The van der Waals surface area contributed by atoms with Crippen LogP contribution in [0.4, 0.5) is 0 Å². The Morgan fingerprint density at radius 3 is 1.83 bits per heavy atom. The normalized spacial score (nSPS) is 36.6. The molecule has 6 rings (SSSR count). The summed E-state index contributed by atoms with van der Waals surface area (Å²) in [6, 6.07) is 1.79. The third-order valence-corrected chi connectivity index (χ3v) is 7.70. The quantitative estimate of drug-likeness (QED) is 0.667. The van der Waals surface area contributed by atoms with Crippen LogP contribution >= 0.6 is 0 Å². The minimum atomic E-state index is 0.273. The third kappa shape index (κ3) is 5.33. The Bertz CT molecular complexity index is 622. The van der Waals surface area contributed by atoms with E-state index in [0.29, 0.717) is 23.3 Å².